The normalized spacial score (nSPS) is 27.6. The Bertz CT molecular complexity index is 2700. The molecule has 2 spiro atoms. The summed E-state index contributed by atoms with van der Waals surface area (Å²) in [7, 11) is 1.69. The molecule has 4 aromatic rings. The standard InChI is InChI=1S/C49H55Cl2FN8O6/c1-57-38-26-28(8-15-36(38)60(47(57)66)37-16-17-39(61)55-43(37)62)18-21-58-22-24-59(25-23-58)45(64)29-9-12-31(13-10-29)53-44(63)42-40(32-6-5-7-34(51)41(32)52)49(48(56-42)19-3-2-4-20-48)33-14-11-30(50)27-35(33)54-46(49)65/h5-8,11,14-15,26-27,29,31,37,40,42,56H,2-4,9-10,12-13,16-25H2,1H3,(H,53,63)(H,54,65)(H,55,61,62)/t29-,31-,37?,40-,42+,49+/m0/s1. The van der Waals surface area contributed by atoms with Crippen LogP contribution in [0.25, 0.3) is 11.0 Å². The van der Waals surface area contributed by atoms with E-state index in [1.54, 1.807) is 35.9 Å². The van der Waals surface area contributed by atoms with Crippen LogP contribution in [0.4, 0.5) is 10.1 Å². The molecular weight excluding hydrogens is 886 g/mol. The number of aryl methyl sites for hydroxylation is 1. The van der Waals surface area contributed by atoms with Crippen molar-refractivity contribution in [2.45, 2.75) is 112 Å². The largest absolute Gasteiger partial charge is 0.352 e. The molecular formula is C49H55Cl2FN8O6. The second kappa shape index (κ2) is 17.5. The first-order chi connectivity index (χ1) is 31.8. The number of piperazine rings is 1. The van der Waals surface area contributed by atoms with E-state index in [2.05, 4.69) is 26.2 Å². The lowest BCUT2D eigenvalue weighted by Crippen LogP contribution is -2.60. The van der Waals surface area contributed by atoms with Gasteiger partial charge in [0, 0.05) is 80.3 Å². The Morgan fingerprint density at radius 1 is 0.864 bits per heavy atom. The number of aromatic nitrogens is 2. The van der Waals surface area contributed by atoms with Crippen molar-refractivity contribution in [3.8, 4) is 0 Å². The van der Waals surface area contributed by atoms with Crippen LogP contribution in [0.5, 0.6) is 0 Å². The number of carbonyl (C=O) groups is 5. The SMILES string of the molecule is Cn1c(=O)n(C2CCC(=O)NC2=O)c2ccc(CCN3CCN(C(=O)[C@H]4CC[C@H](NC(=O)[C@@H]5NC6(CCCCC6)[C@@]6(C(=O)Nc7cc(Cl)ccc76)[C@H]5c5cccc(Cl)c5F)CC4)CC3)cc21. The molecule has 6 aliphatic rings. The third kappa shape index (κ3) is 7.44. The van der Waals surface area contributed by atoms with Crippen molar-refractivity contribution < 1.29 is 28.4 Å². The fourth-order valence-electron chi connectivity index (χ4n) is 12.5. The van der Waals surface area contributed by atoms with Crippen LogP contribution < -0.4 is 27.0 Å². The van der Waals surface area contributed by atoms with Crippen LogP contribution >= 0.6 is 23.2 Å². The Balaban J connectivity index is 0.770. The zero-order valence-corrected chi connectivity index (χ0v) is 38.5. The van der Waals surface area contributed by atoms with Crippen LogP contribution in [0.15, 0.2) is 59.4 Å². The molecule has 10 rings (SSSR count). The highest BCUT2D eigenvalue weighted by atomic mass is 35.5. The first kappa shape index (κ1) is 44.7. The van der Waals surface area contributed by atoms with Crippen LogP contribution in [0.2, 0.25) is 10.0 Å². The summed E-state index contributed by atoms with van der Waals surface area (Å²) in [5, 5.41) is 12.8. The lowest BCUT2D eigenvalue weighted by atomic mass is 9.55. The molecule has 14 nitrogen and oxygen atoms in total. The number of imidazole rings is 1. The highest BCUT2D eigenvalue weighted by Gasteiger charge is 2.72. The number of fused-ring (bicyclic) bond motifs is 4. The van der Waals surface area contributed by atoms with Crippen molar-refractivity contribution in [2.75, 3.05) is 38.0 Å². The number of anilines is 1. The van der Waals surface area contributed by atoms with E-state index in [0.29, 0.717) is 73.4 Å². The van der Waals surface area contributed by atoms with Crippen molar-refractivity contribution in [3.63, 3.8) is 0 Å². The number of hydrogen-bond acceptors (Lipinski definition) is 8. The van der Waals surface area contributed by atoms with Crippen LogP contribution in [0, 0.1) is 11.7 Å². The molecule has 348 valence electrons. The van der Waals surface area contributed by atoms with Crippen LogP contribution in [-0.2, 0) is 42.9 Å². The van der Waals surface area contributed by atoms with Crippen LogP contribution in [0.1, 0.15) is 99.3 Å². The fraction of sp³-hybridized carbons (Fsp3) is 0.510. The molecule has 4 N–H and O–H groups in total. The van der Waals surface area contributed by atoms with Gasteiger partial charge in [-0.25, -0.2) is 9.18 Å². The zero-order chi connectivity index (χ0) is 46.1. The number of amides is 5. The third-order valence-electron chi connectivity index (χ3n) is 15.8. The summed E-state index contributed by atoms with van der Waals surface area (Å²) in [6.45, 7) is 3.52. The van der Waals surface area contributed by atoms with Gasteiger partial charge in [-0.1, -0.05) is 66.7 Å². The predicted octanol–water partition coefficient (Wildman–Crippen LogP) is 5.47. The third-order valence-corrected chi connectivity index (χ3v) is 16.3. The van der Waals surface area contributed by atoms with E-state index >= 15 is 4.39 Å². The van der Waals surface area contributed by atoms with E-state index < -0.39 is 40.7 Å². The Morgan fingerprint density at radius 2 is 1.62 bits per heavy atom. The molecule has 3 aromatic carbocycles. The summed E-state index contributed by atoms with van der Waals surface area (Å²) >= 11 is 12.9. The molecule has 3 saturated heterocycles. The number of rotatable bonds is 8. The van der Waals surface area contributed by atoms with E-state index in [-0.39, 0.29) is 64.7 Å². The van der Waals surface area contributed by atoms with Crippen LogP contribution in [-0.4, -0.2) is 98.8 Å². The molecule has 4 atom stereocenters. The first-order valence-electron chi connectivity index (χ1n) is 23.5. The van der Waals surface area contributed by atoms with E-state index in [4.69, 9.17) is 23.2 Å². The first-order valence-corrected chi connectivity index (χ1v) is 24.2. The Kier molecular flexibility index (Phi) is 11.9. The van der Waals surface area contributed by atoms with Gasteiger partial charge in [-0.05, 0) is 98.4 Å². The number of imide groups is 1. The number of carbonyl (C=O) groups excluding carboxylic acids is 5. The van der Waals surface area contributed by atoms with Gasteiger partial charge in [0.15, 0.2) is 0 Å². The van der Waals surface area contributed by atoms with Crippen molar-refractivity contribution in [1.29, 1.82) is 0 Å². The number of benzene rings is 3. The second-order valence-corrected chi connectivity index (χ2v) is 20.2. The highest BCUT2D eigenvalue weighted by molar-refractivity contribution is 6.31. The van der Waals surface area contributed by atoms with Gasteiger partial charge < -0.3 is 15.5 Å². The maximum atomic E-state index is 16.3. The summed E-state index contributed by atoms with van der Waals surface area (Å²) < 4.78 is 19.4. The Labute approximate surface area is 391 Å². The molecule has 66 heavy (non-hydrogen) atoms. The average Bonchev–Trinajstić information content (AvgIpc) is 3.87. The lowest BCUT2D eigenvalue weighted by Gasteiger charge is -2.47. The van der Waals surface area contributed by atoms with Crippen molar-refractivity contribution >= 4 is 69.5 Å². The number of nitrogens with one attached hydrogen (secondary N) is 4. The average molecular weight is 942 g/mol. The van der Waals surface area contributed by atoms with Crippen molar-refractivity contribution in [2.24, 2.45) is 13.0 Å². The number of nitrogens with zero attached hydrogens (tertiary/aromatic N) is 4. The minimum atomic E-state index is -1.31. The molecule has 5 amide bonds. The lowest BCUT2D eigenvalue weighted by molar-refractivity contribution is -0.139. The van der Waals surface area contributed by atoms with Crippen LogP contribution in [0.3, 0.4) is 0 Å². The Morgan fingerprint density at radius 3 is 2.36 bits per heavy atom. The molecule has 2 saturated carbocycles. The van der Waals surface area contributed by atoms with Gasteiger partial charge in [0.2, 0.25) is 29.5 Å². The summed E-state index contributed by atoms with van der Waals surface area (Å²) in [5.41, 5.74) is 1.52. The van der Waals surface area contributed by atoms with Gasteiger partial charge in [-0.15, -0.1) is 0 Å². The second-order valence-electron chi connectivity index (χ2n) is 19.3. The summed E-state index contributed by atoms with van der Waals surface area (Å²) in [6, 6.07) is 14.1. The maximum absolute atomic E-state index is 16.3. The minimum Gasteiger partial charge on any atom is -0.352 e. The van der Waals surface area contributed by atoms with Gasteiger partial charge in [-0.3, -0.25) is 48.6 Å². The summed E-state index contributed by atoms with van der Waals surface area (Å²) in [5.74, 6) is -2.90. The van der Waals surface area contributed by atoms with E-state index in [1.807, 2.05) is 29.2 Å². The Hall–Kier alpha value is -5.09. The predicted molar refractivity (Wildman–Crippen MR) is 248 cm³/mol. The molecule has 2 aliphatic carbocycles. The maximum Gasteiger partial charge on any atom is 0.329 e. The highest BCUT2D eigenvalue weighted by Crippen LogP contribution is 2.63. The summed E-state index contributed by atoms with van der Waals surface area (Å²) in [6.07, 6.45) is 7.70. The van der Waals surface area contributed by atoms with Gasteiger partial charge >= 0.3 is 5.69 Å². The monoisotopic (exact) mass is 940 g/mol. The summed E-state index contributed by atoms with van der Waals surface area (Å²) in [4.78, 5) is 85.2. The molecule has 5 heterocycles. The van der Waals surface area contributed by atoms with Crippen molar-refractivity contribution in [3.05, 3.63) is 97.6 Å². The molecule has 0 bridgehead atoms. The van der Waals surface area contributed by atoms with E-state index in [1.165, 1.54) is 10.6 Å². The fourth-order valence-corrected chi connectivity index (χ4v) is 12.9. The van der Waals surface area contributed by atoms with Gasteiger partial charge in [0.25, 0.3) is 0 Å². The molecule has 5 fully saturated rings. The van der Waals surface area contributed by atoms with Gasteiger partial charge in [0.1, 0.15) is 17.3 Å². The van der Waals surface area contributed by atoms with Crippen molar-refractivity contribution in [1.82, 2.24) is 34.9 Å². The molecule has 4 aliphatic heterocycles. The van der Waals surface area contributed by atoms with E-state index in [9.17, 15) is 28.8 Å². The molecule has 1 aromatic heterocycles. The number of halogens is 3. The molecule has 1 unspecified atom stereocenters. The quantitative estimate of drug-likeness (QED) is 0.169. The number of piperidine rings is 1. The molecule has 0 radical (unpaired) electrons. The molecule has 17 heteroatoms. The smallest absolute Gasteiger partial charge is 0.329 e. The van der Waals surface area contributed by atoms with Gasteiger partial charge in [0.05, 0.1) is 22.1 Å². The number of hydrogen-bond donors (Lipinski definition) is 4. The zero-order valence-electron chi connectivity index (χ0n) is 37.0. The topological polar surface area (TPSA) is 167 Å². The van der Waals surface area contributed by atoms with Gasteiger partial charge in [-0.2, -0.15) is 0 Å². The minimum absolute atomic E-state index is 0.0730. The van der Waals surface area contributed by atoms with E-state index in [0.717, 1.165) is 56.4 Å².